The van der Waals surface area contributed by atoms with Crippen LogP contribution in [0.2, 0.25) is 0 Å². The number of aliphatic hydroxyl groups is 1. The minimum atomic E-state index is -0.948. The molecular formula is C32H38N2O3. The van der Waals surface area contributed by atoms with Crippen LogP contribution in [-0.4, -0.2) is 57.4 Å². The monoisotopic (exact) mass is 498 g/mol. The van der Waals surface area contributed by atoms with E-state index in [1.165, 1.54) is 16.7 Å². The van der Waals surface area contributed by atoms with Gasteiger partial charge in [0.05, 0.1) is 11.0 Å². The molecular weight excluding hydrogens is 460 g/mol. The first-order valence-corrected chi connectivity index (χ1v) is 13.6. The summed E-state index contributed by atoms with van der Waals surface area (Å²) in [4.78, 5) is 4.82. The molecule has 5 nitrogen and oxygen atoms in total. The smallest absolute Gasteiger partial charge is 0.165 e. The van der Waals surface area contributed by atoms with Crippen LogP contribution in [0.3, 0.4) is 0 Å². The van der Waals surface area contributed by atoms with Gasteiger partial charge in [-0.3, -0.25) is 4.90 Å². The van der Waals surface area contributed by atoms with Crippen molar-refractivity contribution in [3.63, 3.8) is 0 Å². The molecule has 2 aliphatic carbocycles. The number of hydrogen-bond acceptors (Lipinski definition) is 5. The van der Waals surface area contributed by atoms with E-state index in [-0.39, 0.29) is 23.9 Å². The minimum Gasteiger partial charge on any atom is -0.504 e. The third-order valence-electron chi connectivity index (χ3n) is 9.55. The number of rotatable bonds is 7. The van der Waals surface area contributed by atoms with Gasteiger partial charge in [-0.1, -0.05) is 73.7 Å². The highest BCUT2D eigenvalue weighted by Gasteiger charge is 2.69. The number of nitrogens with zero attached hydrogens (tertiary/aromatic N) is 2. The maximum Gasteiger partial charge on any atom is 0.165 e. The van der Waals surface area contributed by atoms with Crippen molar-refractivity contribution in [2.45, 2.75) is 75.4 Å². The van der Waals surface area contributed by atoms with E-state index in [1.54, 1.807) is 6.07 Å². The van der Waals surface area contributed by atoms with Crippen LogP contribution in [0.4, 0.5) is 0 Å². The van der Waals surface area contributed by atoms with Gasteiger partial charge in [0, 0.05) is 30.7 Å². The van der Waals surface area contributed by atoms with Crippen molar-refractivity contribution in [1.29, 1.82) is 0 Å². The van der Waals surface area contributed by atoms with Gasteiger partial charge >= 0.3 is 0 Å². The Morgan fingerprint density at radius 3 is 2.16 bits per heavy atom. The molecule has 194 valence electrons. The highest BCUT2D eigenvalue weighted by Crippen LogP contribution is 2.62. The van der Waals surface area contributed by atoms with E-state index in [4.69, 9.17) is 4.74 Å². The molecule has 0 saturated heterocycles. The molecule has 3 aliphatic rings. The largest absolute Gasteiger partial charge is 0.504 e. The van der Waals surface area contributed by atoms with Gasteiger partial charge < -0.3 is 19.8 Å². The molecule has 3 aromatic rings. The SMILES string of the molecule is CCN(C)[C@@H]1Cc2ccc(O)c3c2[C@@]2(C)C(O3)[C@H](N(Cc3ccccc3)Cc3ccccc3)CC[C@@]12O. The van der Waals surface area contributed by atoms with Gasteiger partial charge in [0.1, 0.15) is 6.10 Å². The summed E-state index contributed by atoms with van der Waals surface area (Å²) in [5.74, 6) is 0.753. The second kappa shape index (κ2) is 9.16. The maximum atomic E-state index is 12.6. The number of aromatic hydroxyl groups is 1. The molecule has 1 saturated carbocycles. The summed E-state index contributed by atoms with van der Waals surface area (Å²) in [6.45, 7) is 6.80. The van der Waals surface area contributed by atoms with Crippen molar-refractivity contribution in [2.75, 3.05) is 13.6 Å². The number of hydrogen-bond donors (Lipinski definition) is 2. The Hall–Kier alpha value is -2.86. The molecule has 5 heteroatoms. The second-order valence-electron chi connectivity index (χ2n) is 11.4. The lowest BCUT2D eigenvalue weighted by Crippen LogP contribution is -2.73. The number of benzene rings is 3. The van der Waals surface area contributed by atoms with Crippen molar-refractivity contribution in [3.05, 3.63) is 95.1 Å². The van der Waals surface area contributed by atoms with Crippen LogP contribution in [0.25, 0.3) is 0 Å². The van der Waals surface area contributed by atoms with Gasteiger partial charge in [-0.2, -0.15) is 0 Å². The van der Waals surface area contributed by atoms with Crippen molar-refractivity contribution < 1.29 is 14.9 Å². The molecule has 1 heterocycles. The van der Waals surface area contributed by atoms with Crippen LogP contribution < -0.4 is 4.74 Å². The quantitative estimate of drug-likeness (QED) is 0.486. The molecule has 1 aliphatic heterocycles. The van der Waals surface area contributed by atoms with Crippen LogP contribution in [0, 0.1) is 0 Å². The topological polar surface area (TPSA) is 56.2 Å². The predicted molar refractivity (Wildman–Crippen MR) is 146 cm³/mol. The third kappa shape index (κ3) is 3.70. The molecule has 0 spiro atoms. The maximum absolute atomic E-state index is 12.6. The minimum absolute atomic E-state index is 0.00533. The van der Waals surface area contributed by atoms with E-state index in [2.05, 4.69) is 91.4 Å². The van der Waals surface area contributed by atoms with Gasteiger partial charge in [-0.05, 0) is 62.5 Å². The summed E-state index contributed by atoms with van der Waals surface area (Å²) in [5.41, 5.74) is 3.15. The van der Waals surface area contributed by atoms with Gasteiger partial charge in [0.2, 0.25) is 0 Å². The molecule has 2 N–H and O–H groups in total. The Kier molecular flexibility index (Phi) is 6.06. The lowest BCUT2D eigenvalue weighted by atomic mass is 9.52. The van der Waals surface area contributed by atoms with Gasteiger partial charge in [-0.25, -0.2) is 0 Å². The fourth-order valence-electron chi connectivity index (χ4n) is 7.49. The van der Waals surface area contributed by atoms with E-state index >= 15 is 0 Å². The first-order chi connectivity index (χ1) is 17.9. The number of phenolic OH excluding ortho intramolecular Hbond substituents is 1. The van der Waals surface area contributed by atoms with Crippen molar-refractivity contribution in [3.8, 4) is 11.5 Å². The van der Waals surface area contributed by atoms with Crippen molar-refractivity contribution in [1.82, 2.24) is 9.80 Å². The van der Waals surface area contributed by atoms with Crippen molar-refractivity contribution >= 4 is 0 Å². The number of ether oxygens (including phenoxy) is 1. The summed E-state index contributed by atoms with van der Waals surface area (Å²) in [6, 6.07) is 25.1. The second-order valence-corrected chi connectivity index (χ2v) is 11.4. The fraction of sp³-hybridized carbons (Fsp3) is 0.438. The van der Waals surface area contributed by atoms with Crippen LogP contribution in [0.1, 0.15) is 48.9 Å². The normalized spacial score (nSPS) is 29.8. The summed E-state index contributed by atoms with van der Waals surface area (Å²) < 4.78 is 6.76. The molecule has 5 atom stereocenters. The lowest BCUT2D eigenvalue weighted by molar-refractivity contribution is -0.167. The summed E-state index contributed by atoms with van der Waals surface area (Å²) in [7, 11) is 2.12. The van der Waals surface area contributed by atoms with E-state index in [1.807, 2.05) is 6.07 Å². The molecule has 1 unspecified atom stereocenters. The molecule has 3 aromatic carbocycles. The van der Waals surface area contributed by atoms with Crippen LogP contribution in [0.5, 0.6) is 11.5 Å². The Morgan fingerprint density at radius 2 is 1.57 bits per heavy atom. The van der Waals surface area contributed by atoms with Gasteiger partial charge in [0.15, 0.2) is 11.5 Å². The van der Waals surface area contributed by atoms with E-state index in [0.29, 0.717) is 12.2 Å². The molecule has 0 aromatic heterocycles. The highest BCUT2D eigenvalue weighted by atomic mass is 16.5. The number of phenols is 1. The zero-order chi connectivity index (χ0) is 25.8. The standard InChI is InChI=1S/C32H38N2O3/c1-4-33(3)27-19-24-15-16-26(35)29-28(24)31(2)30(37-29)25(17-18-32(27,31)36)34(20-22-11-7-5-8-12-22)21-23-13-9-6-10-14-23/h5-16,25,27,30,35-36H,4,17-21H2,1-3H3/t25-,27-,30?,31+,32-/m1/s1. The zero-order valence-electron chi connectivity index (χ0n) is 22.1. The summed E-state index contributed by atoms with van der Waals surface area (Å²) >= 11 is 0. The first kappa shape index (κ1) is 24.5. The summed E-state index contributed by atoms with van der Waals surface area (Å²) in [6.07, 6.45) is 2.01. The average molecular weight is 499 g/mol. The van der Waals surface area contributed by atoms with E-state index in [9.17, 15) is 10.2 Å². The molecule has 1 fully saturated rings. The van der Waals surface area contributed by atoms with Gasteiger partial charge in [-0.15, -0.1) is 0 Å². The van der Waals surface area contributed by atoms with Crippen LogP contribution in [0.15, 0.2) is 72.8 Å². The third-order valence-corrected chi connectivity index (χ3v) is 9.55. The fourth-order valence-corrected chi connectivity index (χ4v) is 7.49. The molecule has 0 bridgehead atoms. The first-order valence-electron chi connectivity index (χ1n) is 13.6. The summed E-state index contributed by atoms with van der Waals surface area (Å²) in [5, 5.41) is 23.5. The Bertz CT molecular complexity index is 1220. The molecule has 6 rings (SSSR count). The van der Waals surface area contributed by atoms with Gasteiger partial charge in [0.25, 0.3) is 0 Å². The van der Waals surface area contributed by atoms with Crippen molar-refractivity contribution in [2.24, 2.45) is 0 Å². The molecule has 0 radical (unpaired) electrons. The Balaban J connectivity index is 1.45. The average Bonchev–Trinajstić information content (AvgIpc) is 3.25. The molecule has 37 heavy (non-hydrogen) atoms. The molecule has 0 amide bonds. The highest BCUT2D eigenvalue weighted by molar-refractivity contribution is 5.61. The van der Waals surface area contributed by atoms with E-state index < -0.39 is 11.0 Å². The van der Waals surface area contributed by atoms with E-state index in [0.717, 1.165) is 38.0 Å². The lowest BCUT2D eigenvalue weighted by Gasteiger charge is -2.60. The number of likely N-dealkylation sites (N-methyl/N-ethyl adjacent to an activating group) is 1. The van der Waals surface area contributed by atoms with Crippen LogP contribution in [-0.2, 0) is 24.9 Å². The Morgan fingerprint density at radius 1 is 0.946 bits per heavy atom. The van der Waals surface area contributed by atoms with Crippen LogP contribution >= 0.6 is 0 Å². The predicted octanol–water partition coefficient (Wildman–Crippen LogP) is 4.88. The zero-order valence-corrected chi connectivity index (χ0v) is 22.1. The Labute approximate surface area is 220 Å².